The van der Waals surface area contributed by atoms with E-state index in [2.05, 4.69) is 158 Å². The Morgan fingerprint density at radius 3 is 1.72 bits per heavy atom. The summed E-state index contributed by atoms with van der Waals surface area (Å²) < 4.78 is 9.10. The van der Waals surface area contributed by atoms with E-state index >= 15 is 0 Å². The monoisotopic (exact) mass is 755 g/mol. The fourth-order valence-electron chi connectivity index (χ4n) is 9.25. The summed E-state index contributed by atoms with van der Waals surface area (Å²) in [6.45, 7) is 0. The molecule has 0 N–H and O–H groups in total. The number of fused-ring (bicyclic) bond motifs is 16. The Bertz CT molecular complexity index is 3830. The Morgan fingerprint density at radius 1 is 0.362 bits per heavy atom. The van der Waals surface area contributed by atoms with Crippen molar-refractivity contribution in [2.45, 2.75) is 0 Å². The van der Waals surface area contributed by atoms with Gasteiger partial charge in [-0.05, 0) is 67.4 Å². The highest BCUT2D eigenvalue weighted by molar-refractivity contribution is 7.27. The lowest BCUT2D eigenvalue weighted by Crippen LogP contribution is -2.01. The number of rotatable bonds is 3. The van der Waals surface area contributed by atoms with Gasteiger partial charge in [-0.1, -0.05) is 152 Å². The first-order valence-electron chi connectivity index (χ1n) is 19.5. The van der Waals surface area contributed by atoms with Crippen molar-refractivity contribution >= 4 is 107 Å². The average Bonchev–Trinajstić information content (AvgIpc) is 3.86. The first kappa shape index (κ1) is 31.7. The molecule has 10 aromatic carbocycles. The lowest BCUT2D eigenvalue weighted by Gasteiger charge is -2.13. The zero-order valence-corrected chi connectivity index (χ0v) is 31.7. The van der Waals surface area contributed by atoms with Gasteiger partial charge < -0.3 is 4.42 Å². The number of benzene rings is 10. The summed E-state index contributed by atoms with van der Waals surface area (Å²) in [4.78, 5) is 15.9. The van der Waals surface area contributed by atoms with Crippen molar-refractivity contribution in [1.29, 1.82) is 0 Å². The first-order valence-corrected chi connectivity index (χ1v) is 20.3. The van der Waals surface area contributed by atoms with E-state index in [4.69, 9.17) is 19.4 Å². The van der Waals surface area contributed by atoms with Crippen molar-refractivity contribution in [3.63, 3.8) is 0 Å². The molecule has 0 atom stereocenters. The highest BCUT2D eigenvalue weighted by Gasteiger charge is 2.23. The van der Waals surface area contributed by atoms with Gasteiger partial charge in [0.1, 0.15) is 11.2 Å². The van der Waals surface area contributed by atoms with Gasteiger partial charge in [0.15, 0.2) is 17.5 Å². The molecular weight excluding hydrogens is 727 g/mol. The molecule has 0 aliphatic rings. The minimum absolute atomic E-state index is 0.597. The number of hydrogen-bond donors (Lipinski definition) is 0. The molecule has 0 amide bonds. The summed E-state index contributed by atoms with van der Waals surface area (Å²) in [5, 5.41) is 16.7. The van der Waals surface area contributed by atoms with Crippen LogP contribution >= 0.6 is 11.3 Å². The molecule has 0 radical (unpaired) electrons. The Morgan fingerprint density at radius 2 is 0.931 bits per heavy atom. The molecule has 13 aromatic rings. The molecule has 3 aromatic heterocycles. The summed E-state index contributed by atoms with van der Waals surface area (Å²) in [6.07, 6.45) is 0. The number of aromatic nitrogens is 3. The van der Waals surface area contributed by atoms with Gasteiger partial charge in [-0.2, -0.15) is 0 Å². The molecule has 58 heavy (non-hydrogen) atoms. The summed E-state index contributed by atoms with van der Waals surface area (Å²) in [5.41, 5.74) is 4.51. The lowest BCUT2D eigenvalue weighted by atomic mass is 9.92. The molecule has 0 saturated heterocycles. The smallest absolute Gasteiger partial charge is 0.165 e. The van der Waals surface area contributed by atoms with E-state index in [1.165, 1.54) is 47.1 Å². The van der Waals surface area contributed by atoms with E-state index < -0.39 is 0 Å². The predicted molar refractivity (Wildman–Crippen MR) is 244 cm³/mol. The highest BCUT2D eigenvalue weighted by Crippen LogP contribution is 2.48. The van der Waals surface area contributed by atoms with Crippen LogP contribution in [0.1, 0.15) is 0 Å². The van der Waals surface area contributed by atoms with Gasteiger partial charge in [-0.25, -0.2) is 15.0 Å². The van der Waals surface area contributed by atoms with E-state index in [1.54, 1.807) is 0 Å². The van der Waals surface area contributed by atoms with Crippen LogP contribution in [0.5, 0.6) is 0 Å². The van der Waals surface area contributed by atoms with Crippen LogP contribution in [0.15, 0.2) is 180 Å². The van der Waals surface area contributed by atoms with Crippen LogP contribution in [0.4, 0.5) is 0 Å². The van der Waals surface area contributed by atoms with Crippen LogP contribution < -0.4 is 0 Å². The molecular formula is C53H29N3OS. The van der Waals surface area contributed by atoms with Gasteiger partial charge >= 0.3 is 0 Å². The first-order chi connectivity index (χ1) is 28.7. The second-order valence-corrected chi connectivity index (χ2v) is 16.1. The molecule has 268 valence electrons. The molecule has 0 aliphatic carbocycles. The Labute approximate surface area is 335 Å². The number of furan rings is 1. The SMILES string of the molecule is c1ccc(-c2nc(-c3ccc4c(c3)oc3c5ccccc5ccc43)nc(-c3c4ccccc4cc4sc5c(ccc6c7ccccc7c7ccccc7c65)c34)n2)cc1. The number of nitrogens with zero attached hydrogens (tertiary/aromatic N) is 3. The van der Waals surface area contributed by atoms with Crippen molar-refractivity contribution in [2.24, 2.45) is 0 Å². The maximum absolute atomic E-state index is 6.63. The summed E-state index contributed by atoms with van der Waals surface area (Å²) in [7, 11) is 0. The van der Waals surface area contributed by atoms with E-state index in [-0.39, 0.29) is 0 Å². The van der Waals surface area contributed by atoms with E-state index in [0.717, 1.165) is 65.6 Å². The van der Waals surface area contributed by atoms with Crippen molar-refractivity contribution in [3.8, 4) is 34.2 Å². The maximum atomic E-state index is 6.63. The van der Waals surface area contributed by atoms with Crippen LogP contribution in [0.3, 0.4) is 0 Å². The summed E-state index contributed by atoms with van der Waals surface area (Å²) in [6, 6.07) is 62.5. The van der Waals surface area contributed by atoms with Crippen LogP contribution in [-0.4, -0.2) is 15.0 Å². The van der Waals surface area contributed by atoms with Crippen LogP contribution in [0.25, 0.3) is 130 Å². The highest BCUT2D eigenvalue weighted by atomic mass is 32.1. The fourth-order valence-corrected chi connectivity index (χ4v) is 10.6. The molecule has 0 saturated carbocycles. The third-order valence-electron chi connectivity index (χ3n) is 11.9. The fraction of sp³-hybridized carbons (Fsp3) is 0. The van der Waals surface area contributed by atoms with E-state index in [1.807, 2.05) is 29.5 Å². The predicted octanol–water partition coefficient (Wildman–Crippen LogP) is 14.9. The minimum Gasteiger partial charge on any atom is -0.455 e. The van der Waals surface area contributed by atoms with Crippen molar-refractivity contribution in [3.05, 3.63) is 176 Å². The molecule has 4 nitrogen and oxygen atoms in total. The van der Waals surface area contributed by atoms with Gasteiger partial charge in [0, 0.05) is 58.4 Å². The zero-order valence-electron chi connectivity index (χ0n) is 30.9. The Balaban J connectivity index is 1.12. The zero-order chi connectivity index (χ0) is 37.9. The van der Waals surface area contributed by atoms with Gasteiger partial charge in [0.2, 0.25) is 0 Å². The molecule has 13 rings (SSSR count). The molecule has 0 fully saturated rings. The van der Waals surface area contributed by atoms with E-state index in [9.17, 15) is 0 Å². The largest absolute Gasteiger partial charge is 0.455 e. The molecule has 0 unspecified atom stereocenters. The summed E-state index contributed by atoms with van der Waals surface area (Å²) >= 11 is 1.86. The molecule has 0 spiro atoms. The molecule has 3 heterocycles. The third kappa shape index (κ3) is 4.53. The second kappa shape index (κ2) is 12.0. The van der Waals surface area contributed by atoms with Gasteiger partial charge in [0.05, 0.1) is 0 Å². The van der Waals surface area contributed by atoms with Gasteiger partial charge in [-0.15, -0.1) is 11.3 Å². The second-order valence-electron chi connectivity index (χ2n) is 15.1. The van der Waals surface area contributed by atoms with Crippen molar-refractivity contribution < 1.29 is 4.42 Å². The van der Waals surface area contributed by atoms with Crippen LogP contribution in [0, 0.1) is 0 Å². The third-order valence-corrected chi connectivity index (χ3v) is 13.0. The number of hydrogen-bond acceptors (Lipinski definition) is 5. The Hall–Kier alpha value is -7.47. The topological polar surface area (TPSA) is 51.8 Å². The van der Waals surface area contributed by atoms with Crippen LogP contribution in [-0.2, 0) is 0 Å². The summed E-state index contributed by atoms with van der Waals surface area (Å²) in [5.74, 6) is 1.86. The normalized spacial score (nSPS) is 12.1. The van der Waals surface area contributed by atoms with Crippen LogP contribution in [0.2, 0.25) is 0 Å². The average molecular weight is 756 g/mol. The van der Waals surface area contributed by atoms with Crippen molar-refractivity contribution in [2.75, 3.05) is 0 Å². The standard InChI is InChI=1S/C53H29N3OS/c1-2-13-31(14-3-1)51-54-52(33-23-24-39-42-25-22-30-12-4-7-17-35(30)49(42)57-44(39)28-33)56-53(55-51)48-34-16-6-5-15-32(34)29-45-47(48)43-27-26-41-38-20-9-8-18-36(38)37-19-10-11-21-40(37)46(41)50(43)58-45/h1-29H. The molecule has 0 aliphatic heterocycles. The lowest BCUT2D eigenvalue weighted by molar-refractivity contribution is 0.673. The molecule has 0 bridgehead atoms. The quantitative estimate of drug-likeness (QED) is 0.169. The van der Waals surface area contributed by atoms with Gasteiger partial charge in [-0.3, -0.25) is 0 Å². The maximum Gasteiger partial charge on any atom is 0.165 e. The van der Waals surface area contributed by atoms with E-state index in [0.29, 0.717) is 17.5 Å². The van der Waals surface area contributed by atoms with Crippen molar-refractivity contribution in [1.82, 2.24) is 15.0 Å². The Kier molecular flexibility index (Phi) is 6.57. The molecule has 5 heteroatoms. The minimum atomic E-state index is 0.597. The van der Waals surface area contributed by atoms with Gasteiger partial charge in [0.25, 0.3) is 0 Å². The number of thiophene rings is 1.